The van der Waals surface area contributed by atoms with Gasteiger partial charge in [-0.1, -0.05) is 13.0 Å². The Kier molecular flexibility index (Phi) is 7.08. The molecule has 4 amide bonds. The molecule has 1 saturated heterocycles. The first-order chi connectivity index (χ1) is 14.8. The summed E-state index contributed by atoms with van der Waals surface area (Å²) in [6, 6.07) is 5.08. The molecule has 1 aliphatic heterocycles. The molecule has 1 aromatic carbocycles. The molecule has 8 heteroatoms. The van der Waals surface area contributed by atoms with Crippen molar-refractivity contribution in [2.24, 2.45) is 5.92 Å². The van der Waals surface area contributed by atoms with Gasteiger partial charge in [-0.05, 0) is 63.1 Å². The number of hydrogen-bond donors (Lipinski definition) is 1. The van der Waals surface area contributed by atoms with Crippen molar-refractivity contribution >= 4 is 17.8 Å². The van der Waals surface area contributed by atoms with E-state index in [1.807, 2.05) is 32.0 Å². The maximum absolute atomic E-state index is 13.0. The molecule has 0 unspecified atom stereocenters. The fourth-order valence-corrected chi connectivity index (χ4v) is 4.33. The summed E-state index contributed by atoms with van der Waals surface area (Å²) in [6.07, 6.45) is 3.06. The highest BCUT2D eigenvalue weighted by Gasteiger charge is 2.52. The molecule has 1 saturated carbocycles. The fraction of sp³-hybridized carbons (Fsp3) is 0.609. The molecule has 1 spiro atoms. The standard InChI is InChI=1S/C23H33N3O5/c1-5-25(14-17-7-8-18(31-6-2)19(13-17)30-4)20(27)15-26-21(28)23(24-22(26)29)11-9-16(3)10-12-23/h7-8,13,16H,5-6,9-12,14-15H2,1-4H3,(H,24,29). The van der Waals surface area contributed by atoms with Gasteiger partial charge in [-0.15, -0.1) is 0 Å². The molecule has 1 heterocycles. The average molecular weight is 432 g/mol. The maximum Gasteiger partial charge on any atom is 0.325 e. The summed E-state index contributed by atoms with van der Waals surface area (Å²) >= 11 is 0. The van der Waals surface area contributed by atoms with E-state index < -0.39 is 11.6 Å². The molecule has 2 aliphatic rings. The van der Waals surface area contributed by atoms with Gasteiger partial charge in [0.25, 0.3) is 5.91 Å². The number of nitrogens with one attached hydrogen (secondary N) is 1. The van der Waals surface area contributed by atoms with E-state index in [1.165, 1.54) is 0 Å². The normalized spacial score (nSPS) is 23.1. The van der Waals surface area contributed by atoms with Gasteiger partial charge in [0.1, 0.15) is 12.1 Å². The van der Waals surface area contributed by atoms with Gasteiger partial charge in [-0.2, -0.15) is 0 Å². The third-order valence-electron chi connectivity index (χ3n) is 6.30. The molecule has 1 aliphatic carbocycles. The number of nitrogens with zero attached hydrogens (tertiary/aromatic N) is 2. The molecule has 8 nitrogen and oxygen atoms in total. The zero-order valence-corrected chi connectivity index (χ0v) is 18.9. The largest absolute Gasteiger partial charge is 0.493 e. The van der Waals surface area contributed by atoms with E-state index in [1.54, 1.807) is 12.0 Å². The van der Waals surface area contributed by atoms with Crippen LogP contribution in [0.3, 0.4) is 0 Å². The van der Waals surface area contributed by atoms with Crippen LogP contribution >= 0.6 is 0 Å². The second-order valence-electron chi connectivity index (χ2n) is 8.41. The second kappa shape index (κ2) is 9.58. The molecular formula is C23H33N3O5. The van der Waals surface area contributed by atoms with E-state index in [2.05, 4.69) is 12.2 Å². The minimum Gasteiger partial charge on any atom is -0.493 e. The number of benzene rings is 1. The number of methoxy groups -OCH3 is 1. The monoisotopic (exact) mass is 431 g/mol. The van der Waals surface area contributed by atoms with E-state index in [4.69, 9.17) is 9.47 Å². The van der Waals surface area contributed by atoms with Crippen LogP contribution < -0.4 is 14.8 Å². The molecular weight excluding hydrogens is 398 g/mol. The number of urea groups is 1. The van der Waals surface area contributed by atoms with Gasteiger partial charge in [0, 0.05) is 13.1 Å². The highest BCUT2D eigenvalue weighted by Crippen LogP contribution is 2.36. The molecule has 0 radical (unpaired) electrons. The third kappa shape index (κ3) is 4.78. The minimum atomic E-state index is -0.830. The van der Waals surface area contributed by atoms with E-state index >= 15 is 0 Å². The van der Waals surface area contributed by atoms with Crippen molar-refractivity contribution < 1.29 is 23.9 Å². The summed E-state index contributed by atoms with van der Waals surface area (Å²) in [4.78, 5) is 41.2. The lowest BCUT2D eigenvalue weighted by Gasteiger charge is -2.33. The van der Waals surface area contributed by atoms with Crippen LogP contribution in [0.5, 0.6) is 11.5 Å². The molecule has 2 fully saturated rings. The highest BCUT2D eigenvalue weighted by atomic mass is 16.5. The van der Waals surface area contributed by atoms with Crippen molar-refractivity contribution in [1.29, 1.82) is 0 Å². The lowest BCUT2D eigenvalue weighted by molar-refractivity contribution is -0.139. The molecule has 1 N–H and O–H groups in total. The van der Waals surface area contributed by atoms with Gasteiger partial charge >= 0.3 is 6.03 Å². The highest BCUT2D eigenvalue weighted by molar-refractivity contribution is 6.09. The molecule has 1 aromatic rings. The van der Waals surface area contributed by atoms with Crippen molar-refractivity contribution in [3.05, 3.63) is 23.8 Å². The predicted octanol–water partition coefficient (Wildman–Crippen LogP) is 2.94. The maximum atomic E-state index is 13.0. The van der Waals surface area contributed by atoms with Crippen LogP contribution in [-0.2, 0) is 16.1 Å². The molecule has 31 heavy (non-hydrogen) atoms. The second-order valence-corrected chi connectivity index (χ2v) is 8.41. The van der Waals surface area contributed by atoms with Crippen molar-refractivity contribution in [3.8, 4) is 11.5 Å². The minimum absolute atomic E-state index is 0.246. The Morgan fingerprint density at radius 2 is 1.94 bits per heavy atom. The lowest BCUT2D eigenvalue weighted by Crippen LogP contribution is -2.50. The smallest absolute Gasteiger partial charge is 0.325 e. The van der Waals surface area contributed by atoms with Gasteiger partial charge < -0.3 is 19.7 Å². The number of ether oxygens (including phenoxy) is 2. The molecule has 0 bridgehead atoms. The lowest BCUT2D eigenvalue weighted by atomic mass is 9.77. The Balaban J connectivity index is 1.67. The Labute approximate surface area is 183 Å². The van der Waals surface area contributed by atoms with Crippen LogP contribution in [0.4, 0.5) is 4.79 Å². The zero-order valence-electron chi connectivity index (χ0n) is 18.9. The molecule has 3 rings (SSSR count). The van der Waals surface area contributed by atoms with Gasteiger partial charge in [0.2, 0.25) is 5.91 Å². The number of imide groups is 1. The van der Waals surface area contributed by atoms with Crippen LogP contribution in [-0.4, -0.2) is 60.0 Å². The van der Waals surface area contributed by atoms with Gasteiger partial charge in [0.05, 0.1) is 13.7 Å². The van der Waals surface area contributed by atoms with Crippen molar-refractivity contribution in [2.45, 2.75) is 58.5 Å². The summed E-state index contributed by atoms with van der Waals surface area (Å²) in [5.41, 5.74) is 0.0501. The number of rotatable bonds is 8. The Bertz CT molecular complexity index is 833. The SMILES string of the molecule is CCOc1ccc(CN(CC)C(=O)CN2C(=O)NC3(CCC(C)CC3)C2=O)cc1OC. The molecule has 0 atom stereocenters. The predicted molar refractivity (Wildman–Crippen MR) is 116 cm³/mol. The summed E-state index contributed by atoms with van der Waals surface area (Å²) in [7, 11) is 1.57. The number of likely N-dealkylation sites (N-methyl/N-ethyl adjacent to an activating group) is 1. The van der Waals surface area contributed by atoms with Crippen LogP contribution in [0.25, 0.3) is 0 Å². The Morgan fingerprint density at radius 3 is 2.55 bits per heavy atom. The van der Waals surface area contributed by atoms with E-state index in [9.17, 15) is 14.4 Å². The van der Waals surface area contributed by atoms with Gasteiger partial charge in [-0.25, -0.2) is 4.79 Å². The fourth-order valence-electron chi connectivity index (χ4n) is 4.33. The Hall–Kier alpha value is -2.77. The first kappa shape index (κ1) is 22.9. The zero-order chi connectivity index (χ0) is 22.6. The molecule has 170 valence electrons. The first-order valence-corrected chi connectivity index (χ1v) is 11.0. The number of amides is 4. The van der Waals surface area contributed by atoms with Crippen LogP contribution in [0.15, 0.2) is 18.2 Å². The molecule has 0 aromatic heterocycles. The third-order valence-corrected chi connectivity index (χ3v) is 6.30. The van der Waals surface area contributed by atoms with Crippen LogP contribution in [0.1, 0.15) is 52.0 Å². The van der Waals surface area contributed by atoms with Crippen molar-refractivity contribution in [2.75, 3.05) is 26.8 Å². The summed E-state index contributed by atoms with van der Waals surface area (Å²) in [6.45, 7) is 7.03. The van der Waals surface area contributed by atoms with E-state index in [0.29, 0.717) is 50.0 Å². The quantitative estimate of drug-likeness (QED) is 0.640. The van der Waals surface area contributed by atoms with E-state index in [0.717, 1.165) is 23.3 Å². The number of carbonyl (C=O) groups is 3. The van der Waals surface area contributed by atoms with Crippen molar-refractivity contribution in [3.63, 3.8) is 0 Å². The number of hydrogen-bond acceptors (Lipinski definition) is 5. The van der Waals surface area contributed by atoms with Crippen molar-refractivity contribution in [1.82, 2.24) is 15.1 Å². The van der Waals surface area contributed by atoms with Crippen LogP contribution in [0.2, 0.25) is 0 Å². The number of carbonyl (C=O) groups excluding carboxylic acids is 3. The van der Waals surface area contributed by atoms with Crippen LogP contribution in [0, 0.1) is 5.92 Å². The average Bonchev–Trinajstić information content (AvgIpc) is 2.99. The summed E-state index contributed by atoms with van der Waals surface area (Å²) in [5, 5.41) is 2.87. The summed E-state index contributed by atoms with van der Waals surface area (Å²) in [5.74, 6) is 1.27. The van der Waals surface area contributed by atoms with Gasteiger partial charge in [0.15, 0.2) is 11.5 Å². The van der Waals surface area contributed by atoms with E-state index in [-0.39, 0.29) is 18.4 Å². The first-order valence-electron chi connectivity index (χ1n) is 11.0. The summed E-state index contributed by atoms with van der Waals surface area (Å²) < 4.78 is 10.9. The Morgan fingerprint density at radius 1 is 1.23 bits per heavy atom. The van der Waals surface area contributed by atoms with Gasteiger partial charge in [-0.3, -0.25) is 14.5 Å². The topological polar surface area (TPSA) is 88.2 Å².